The van der Waals surface area contributed by atoms with Gasteiger partial charge in [0.25, 0.3) is 5.91 Å². The Morgan fingerprint density at radius 3 is 2.88 bits per heavy atom. The molecule has 1 amide bonds. The molecule has 0 spiro atoms. The van der Waals surface area contributed by atoms with Gasteiger partial charge in [0.2, 0.25) is 0 Å². The van der Waals surface area contributed by atoms with E-state index in [0.717, 1.165) is 0 Å². The zero-order valence-corrected chi connectivity index (χ0v) is 9.34. The predicted molar refractivity (Wildman–Crippen MR) is 55.2 cm³/mol. The summed E-state index contributed by atoms with van der Waals surface area (Å²) in [4.78, 5) is 12.8. The first-order valence-corrected chi connectivity index (χ1v) is 5.20. The minimum Gasteiger partial charge on any atom is -0.381 e. The number of rotatable bonds is 2. The SMILES string of the molecule is C#CCN1C(=O)[C@H](O)[C@@H]1[C@H]1COC(C)(C)O1. The molecular weight excluding hydrogens is 210 g/mol. The maximum atomic E-state index is 11.4. The molecule has 5 nitrogen and oxygen atoms in total. The van der Waals surface area contributed by atoms with Crippen LogP contribution in [0, 0.1) is 12.3 Å². The fourth-order valence-corrected chi connectivity index (χ4v) is 2.12. The Bertz CT molecular complexity index is 346. The number of terminal acetylenes is 1. The minimum absolute atomic E-state index is 0.195. The molecule has 16 heavy (non-hydrogen) atoms. The molecule has 0 bridgehead atoms. The summed E-state index contributed by atoms with van der Waals surface area (Å²) in [5.41, 5.74) is 0. The number of hydrogen-bond donors (Lipinski definition) is 1. The highest BCUT2D eigenvalue weighted by Gasteiger charge is 2.53. The quantitative estimate of drug-likeness (QED) is 0.501. The van der Waals surface area contributed by atoms with Gasteiger partial charge in [-0.3, -0.25) is 4.79 Å². The van der Waals surface area contributed by atoms with E-state index < -0.39 is 11.9 Å². The second-order valence-corrected chi connectivity index (χ2v) is 4.47. The standard InChI is InChI=1S/C11H15NO4/c1-4-5-12-8(9(13)10(12)14)7-6-15-11(2,3)16-7/h1,7-9,13H,5-6H2,2-3H3/t7-,8+,9-/m1/s1. The predicted octanol–water partition coefficient (Wildman–Crippen LogP) is -0.657. The largest absolute Gasteiger partial charge is 0.381 e. The highest BCUT2D eigenvalue weighted by atomic mass is 16.7. The molecule has 0 saturated carbocycles. The molecule has 0 aromatic heterocycles. The van der Waals surface area contributed by atoms with E-state index in [1.54, 1.807) is 13.8 Å². The van der Waals surface area contributed by atoms with Gasteiger partial charge in [0, 0.05) is 0 Å². The number of β-lactam (4-membered cyclic amide) rings is 1. The van der Waals surface area contributed by atoms with Crippen LogP contribution < -0.4 is 0 Å². The van der Waals surface area contributed by atoms with Crippen LogP contribution in [-0.4, -0.2) is 53.1 Å². The highest BCUT2D eigenvalue weighted by molar-refractivity contribution is 5.88. The third-order valence-corrected chi connectivity index (χ3v) is 2.89. The average Bonchev–Trinajstić information content (AvgIpc) is 2.57. The Balaban J connectivity index is 2.05. The molecule has 88 valence electrons. The van der Waals surface area contributed by atoms with Crippen LogP contribution in [0.5, 0.6) is 0 Å². The monoisotopic (exact) mass is 225 g/mol. The van der Waals surface area contributed by atoms with Gasteiger partial charge in [0.05, 0.1) is 19.2 Å². The second kappa shape index (κ2) is 3.74. The van der Waals surface area contributed by atoms with Gasteiger partial charge in [-0.2, -0.15) is 0 Å². The van der Waals surface area contributed by atoms with Gasteiger partial charge < -0.3 is 19.5 Å². The van der Waals surface area contributed by atoms with Crippen LogP contribution in [-0.2, 0) is 14.3 Å². The summed E-state index contributed by atoms with van der Waals surface area (Å²) in [6.07, 6.45) is 3.84. The van der Waals surface area contributed by atoms with E-state index in [1.165, 1.54) is 4.90 Å². The van der Waals surface area contributed by atoms with Gasteiger partial charge in [-0.1, -0.05) is 5.92 Å². The molecule has 2 aliphatic rings. The fraction of sp³-hybridized carbons (Fsp3) is 0.727. The van der Waals surface area contributed by atoms with Gasteiger partial charge in [-0.05, 0) is 13.8 Å². The van der Waals surface area contributed by atoms with E-state index in [-0.39, 0.29) is 24.6 Å². The van der Waals surface area contributed by atoms with E-state index in [1.807, 2.05) is 0 Å². The molecule has 3 atom stereocenters. The van der Waals surface area contributed by atoms with Crippen LogP contribution in [0.3, 0.4) is 0 Å². The normalized spacial score (nSPS) is 37.0. The van der Waals surface area contributed by atoms with Crippen LogP contribution in [0.25, 0.3) is 0 Å². The number of hydrogen-bond acceptors (Lipinski definition) is 4. The number of carbonyl (C=O) groups excluding carboxylic acids is 1. The maximum absolute atomic E-state index is 11.4. The van der Waals surface area contributed by atoms with Gasteiger partial charge in [-0.15, -0.1) is 6.42 Å². The summed E-state index contributed by atoms with van der Waals surface area (Å²) in [5, 5.41) is 9.61. The summed E-state index contributed by atoms with van der Waals surface area (Å²) in [6.45, 7) is 4.15. The lowest BCUT2D eigenvalue weighted by Gasteiger charge is -2.45. The zero-order chi connectivity index (χ0) is 11.9. The molecule has 2 saturated heterocycles. The lowest BCUT2D eigenvalue weighted by molar-refractivity contribution is -0.187. The van der Waals surface area contributed by atoms with Crippen LogP contribution in [0.2, 0.25) is 0 Å². The first-order chi connectivity index (χ1) is 7.46. The number of aliphatic hydroxyl groups excluding tert-OH is 1. The summed E-state index contributed by atoms with van der Waals surface area (Å²) < 4.78 is 11.0. The number of aliphatic hydroxyl groups is 1. The Hall–Kier alpha value is -1.09. The Kier molecular flexibility index (Phi) is 2.66. The van der Waals surface area contributed by atoms with Crippen molar-refractivity contribution < 1.29 is 19.4 Å². The first kappa shape index (κ1) is 11.4. The minimum atomic E-state index is -1.02. The molecule has 1 N–H and O–H groups in total. The molecule has 5 heteroatoms. The first-order valence-electron chi connectivity index (χ1n) is 5.20. The van der Waals surface area contributed by atoms with Crippen molar-refractivity contribution >= 4 is 5.91 Å². The van der Waals surface area contributed by atoms with Crippen molar-refractivity contribution in [3.63, 3.8) is 0 Å². The second-order valence-electron chi connectivity index (χ2n) is 4.47. The lowest BCUT2D eigenvalue weighted by atomic mass is 9.93. The van der Waals surface area contributed by atoms with Crippen molar-refractivity contribution in [1.29, 1.82) is 0 Å². The van der Waals surface area contributed by atoms with Crippen LogP contribution in [0.1, 0.15) is 13.8 Å². The van der Waals surface area contributed by atoms with Crippen LogP contribution in [0.15, 0.2) is 0 Å². The molecule has 0 unspecified atom stereocenters. The van der Waals surface area contributed by atoms with E-state index >= 15 is 0 Å². The van der Waals surface area contributed by atoms with Crippen molar-refractivity contribution in [3.8, 4) is 12.3 Å². The maximum Gasteiger partial charge on any atom is 0.254 e. The number of ether oxygens (including phenoxy) is 2. The fourth-order valence-electron chi connectivity index (χ4n) is 2.12. The average molecular weight is 225 g/mol. The van der Waals surface area contributed by atoms with Crippen LogP contribution >= 0.6 is 0 Å². The third kappa shape index (κ3) is 1.69. The highest BCUT2D eigenvalue weighted by Crippen LogP contribution is 2.32. The smallest absolute Gasteiger partial charge is 0.254 e. The molecule has 2 fully saturated rings. The molecule has 0 radical (unpaired) electrons. The van der Waals surface area contributed by atoms with E-state index in [4.69, 9.17) is 15.9 Å². The molecule has 0 aromatic carbocycles. The topological polar surface area (TPSA) is 59.0 Å². The molecule has 0 aliphatic carbocycles. The summed E-state index contributed by atoms with van der Waals surface area (Å²) in [6, 6.07) is -0.384. The summed E-state index contributed by atoms with van der Waals surface area (Å²) in [7, 11) is 0. The summed E-state index contributed by atoms with van der Waals surface area (Å²) >= 11 is 0. The lowest BCUT2D eigenvalue weighted by Crippen LogP contribution is -2.69. The third-order valence-electron chi connectivity index (χ3n) is 2.89. The Labute approximate surface area is 94.3 Å². The van der Waals surface area contributed by atoms with Gasteiger partial charge >= 0.3 is 0 Å². The van der Waals surface area contributed by atoms with Crippen LogP contribution in [0.4, 0.5) is 0 Å². The number of carbonyl (C=O) groups is 1. The van der Waals surface area contributed by atoms with E-state index in [0.29, 0.717) is 6.61 Å². The number of likely N-dealkylation sites (tertiary alicyclic amines) is 1. The van der Waals surface area contributed by atoms with E-state index in [2.05, 4.69) is 5.92 Å². The van der Waals surface area contributed by atoms with Crippen molar-refractivity contribution in [2.24, 2.45) is 0 Å². The van der Waals surface area contributed by atoms with E-state index in [9.17, 15) is 9.90 Å². The van der Waals surface area contributed by atoms with Gasteiger partial charge in [0.15, 0.2) is 11.9 Å². The zero-order valence-electron chi connectivity index (χ0n) is 9.34. The summed E-state index contributed by atoms with van der Waals surface area (Å²) in [5.74, 6) is 1.39. The Morgan fingerprint density at radius 2 is 2.38 bits per heavy atom. The molecule has 0 aromatic rings. The van der Waals surface area contributed by atoms with Crippen molar-refractivity contribution in [2.45, 2.75) is 37.9 Å². The molecular formula is C11H15NO4. The molecule has 2 heterocycles. The van der Waals surface area contributed by atoms with Crippen molar-refractivity contribution in [1.82, 2.24) is 4.90 Å². The van der Waals surface area contributed by atoms with Crippen molar-refractivity contribution in [3.05, 3.63) is 0 Å². The van der Waals surface area contributed by atoms with Gasteiger partial charge in [0.1, 0.15) is 6.10 Å². The van der Waals surface area contributed by atoms with Gasteiger partial charge in [-0.25, -0.2) is 0 Å². The molecule has 2 aliphatic heterocycles. The molecule has 2 rings (SSSR count). The van der Waals surface area contributed by atoms with Crippen molar-refractivity contribution in [2.75, 3.05) is 13.2 Å². The Morgan fingerprint density at radius 1 is 1.69 bits per heavy atom. The number of amides is 1. The number of nitrogens with zero attached hydrogens (tertiary/aromatic N) is 1.